The van der Waals surface area contributed by atoms with Gasteiger partial charge >= 0.3 is 0 Å². The average Bonchev–Trinajstić information content (AvgIpc) is 2.98. The van der Waals surface area contributed by atoms with Crippen molar-refractivity contribution in [3.8, 4) is 28.6 Å². The molecule has 22 heavy (non-hydrogen) atoms. The van der Waals surface area contributed by atoms with Gasteiger partial charge in [-0.15, -0.1) is 0 Å². The van der Waals surface area contributed by atoms with Crippen LogP contribution in [-0.2, 0) is 0 Å². The summed E-state index contributed by atoms with van der Waals surface area (Å²) >= 11 is 3.52. The standard InChI is InChI=1S/C16H15BrN2O3/c1-20-10-4-9(5-11(6-10)21-2)16-18-14-8-12(22-3)7-13(17)15(14)19-16/h4-8H,1-3H3,(H,18,19). The molecule has 0 aliphatic heterocycles. The highest BCUT2D eigenvalue weighted by atomic mass is 79.9. The lowest BCUT2D eigenvalue weighted by Gasteiger charge is -2.06. The van der Waals surface area contributed by atoms with Crippen molar-refractivity contribution >= 4 is 27.0 Å². The van der Waals surface area contributed by atoms with E-state index in [1.54, 1.807) is 21.3 Å². The Labute approximate surface area is 136 Å². The number of rotatable bonds is 4. The van der Waals surface area contributed by atoms with Crippen molar-refractivity contribution in [3.63, 3.8) is 0 Å². The van der Waals surface area contributed by atoms with E-state index in [2.05, 4.69) is 25.9 Å². The maximum Gasteiger partial charge on any atom is 0.138 e. The maximum absolute atomic E-state index is 5.30. The molecule has 114 valence electrons. The number of fused-ring (bicyclic) bond motifs is 1. The van der Waals surface area contributed by atoms with Crippen LogP contribution in [0.3, 0.4) is 0 Å². The monoisotopic (exact) mass is 362 g/mol. The summed E-state index contributed by atoms with van der Waals surface area (Å²) in [6.45, 7) is 0. The highest BCUT2D eigenvalue weighted by Gasteiger charge is 2.12. The zero-order valence-electron chi connectivity index (χ0n) is 12.4. The number of hydrogen-bond donors (Lipinski definition) is 1. The van der Waals surface area contributed by atoms with E-state index >= 15 is 0 Å². The minimum absolute atomic E-state index is 0.714. The molecule has 1 heterocycles. The predicted molar refractivity (Wildman–Crippen MR) is 88.9 cm³/mol. The Morgan fingerprint density at radius 2 is 1.45 bits per heavy atom. The third-order valence-corrected chi connectivity index (χ3v) is 3.98. The van der Waals surface area contributed by atoms with Gasteiger partial charge in [0.05, 0.1) is 26.8 Å². The van der Waals surface area contributed by atoms with Crippen molar-refractivity contribution in [2.75, 3.05) is 21.3 Å². The van der Waals surface area contributed by atoms with Crippen LogP contribution in [0.15, 0.2) is 34.8 Å². The Bertz CT molecular complexity index is 807. The Kier molecular flexibility index (Phi) is 3.94. The van der Waals surface area contributed by atoms with Gasteiger partial charge in [-0.05, 0) is 34.1 Å². The predicted octanol–water partition coefficient (Wildman–Crippen LogP) is 4.02. The summed E-state index contributed by atoms with van der Waals surface area (Å²) in [5.41, 5.74) is 2.62. The highest BCUT2D eigenvalue weighted by molar-refractivity contribution is 9.10. The van der Waals surface area contributed by atoms with Crippen LogP contribution in [0.4, 0.5) is 0 Å². The molecule has 0 unspecified atom stereocenters. The molecular formula is C16H15BrN2O3. The summed E-state index contributed by atoms with van der Waals surface area (Å²) in [5.74, 6) is 2.93. The molecule has 6 heteroatoms. The zero-order chi connectivity index (χ0) is 15.7. The first-order valence-corrected chi connectivity index (χ1v) is 7.40. The summed E-state index contributed by atoms with van der Waals surface area (Å²) in [4.78, 5) is 7.94. The number of H-pyrrole nitrogens is 1. The smallest absolute Gasteiger partial charge is 0.138 e. The van der Waals surface area contributed by atoms with Crippen molar-refractivity contribution in [3.05, 3.63) is 34.8 Å². The van der Waals surface area contributed by atoms with Gasteiger partial charge in [-0.1, -0.05) is 0 Å². The number of imidazole rings is 1. The molecule has 0 amide bonds. The van der Waals surface area contributed by atoms with Gasteiger partial charge in [0, 0.05) is 22.2 Å². The summed E-state index contributed by atoms with van der Waals surface area (Å²) in [6.07, 6.45) is 0. The van der Waals surface area contributed by atoms with Gasteiger partial charge in [0.2, 0.25) is 0 Å². The lowest BCUT2D eigenvalue weighted by Crippen LogP contribution is -1.89. The Morgan fingerprint density at radius 3 is 2.05 bits per heavy atom. The number of ether oxygens (including phenoxy) is 3. The van der Waals surface area contributed by atoms with Crippen molar-refractivity contribution in [2.24, 2.45) is 0 Å². The van der Waals surface area contributed by atoms with E-state index in [0.717, 1.165) is 32.6 Å². The lowest BCUT2D eigenvalue weighted by molar-refractivity contribution is 0.394. The quantitative estimate of drug-likeness (QED) is 0.761. The molecular weight excluding hydrogens is 348 g/mol. The van der Waals surface area contributed by atoms with Crippen LogP contribution in [0.5, 0.6) is 17.2 Å². The van der Waals surface area contributed by atoms with Gasteiger partial charge in [-0.3, -0.25) is 0 Å². The molecule has 0 saturated carbocycles. The molecule has 0 saturated heterocycles. The number of nitrogens with zero attached hydrogens (tertiary/aromatic N) is 1. The number of aromatic nitrogens is 2. The highest BCUT2D eigenvalue weighted by Crippen LogP contribution is 2.33. The van der Waals surface area contributed by atoms with Crippen LogP contribution in [0.25, 0.3) is 22.4 Å². The zero-order valence-corrected chi connectivity index (χ0v) is 14.0. The van der Waals surface area contributed by atoms with Crippen molar-refractivity contribution < 1.29 is 14.2 Å². The molecule has 3 rings (SSSR count). The summed E-state index contributed by atoms with van der Waals surface area (Å²) in [5, 5.41) is 0. The van der Waals surface area contributed by atoms with E-state index in [9.17, 15) is 0 Å². The molecule has 3 aromatic rings. The molecule has 0 radical (unpaired) electrons. The molecule has 0 aliphatic rings. The molecule has 0 aliphatic carbocycles. The van der Waals surface area contributed by atoms with Crippen molar-refractivity contribution in [2.45, 2.75) is 0 Å². The first-order valence-electron chi connectivity index (χ1n) is 6.61. The van der Waals surface area contributed by atoms with E-state index in [4.69, 9.17) is 14.2 Å². The minimum Gasteiger partial charge on any atom is -0.497 e. The average molecular weight is 363 g/mol. The molecule has 1 N–H and O–H groups in total. The maximum atomic E-state index is 5.30. The molecule has 0 atom stereocenters. The second-order valence-corrected chi connectivity index (χ2v) is 5.55. The number of nitrogens with one attached hydrogen (secondary N) is 1. The first kappa shape index (κ1) is 14.7. The number of halogens is 1. The first-order chi connectivity index (χ1) is 10.6. The SMILES string of the molecule is COc1cc(OC)cc(-c2nc3c(Br)cc(OC)cc3[nH]2)c1. The van der Waals surface area contributed by atoms with E-state index in [0.29, 0.717) is 11.5 Å². The number of aromatic amines is 1. The summed E-state index contributed by atoms with van der Waals surface area (Å²) in [6, 6.07) is 9.44. The summed E-state index contributed by atoms with van der Waals surface area (Å²) < 4.78 is 16.8. The van der Waals surface area contributed by atoms with Crippen molar-refractivity contribution in [1.29, 1.82) is 0 Å². The molecule has 0 fully saturated rings. The van der Waals surface area contributed by atoms with Crippen LogP contribution in [0, 0.1) is 0 Å². The number of benzene rings is 2. The van der Waals surface area contributed by atoms with Gasteiger partial charge in [0.15, 0.2) is 0 Å². The van der Waals surface area contributed by atoms with E-state index in [-0.39, 0.29) is 0 Å². The Morgan fingerprint density at radius 1 is 0.864 bits per heavy atom. The molecule has 0 spiro atoms. The second-order valence-electron chi connectivity index (χ2n) is 4.69. The van der Waals surface area contributed by atoms with E-state index in [1.807, 2.05) is 30.3 Å². The Balaban J connectivity index is 2.16. The molecule has 5 nitrogen and oxygen atoms in total. The summed E-state index contributed by atoms with van der Waals surface area (Å²) in [7, 11) is 4.88. The second kappa shape index (κ2) is 5.88. The van der Waals surface area contributed by atoms with Crippen LogP contribution in [0.1, 0.15) is 0 Å². The number of hydrogen-bond acceptors (Lipinski definition) is 4. The van der Waals surface area contributed by atoms with Gasteiger partial charge in [-0.2, -0.15) is 0 Å². The van der Waals surface area contributed by atoms with Gasteiger partial charge in [0.25, 0.3) is 0 Å². The number of methoxy groups -OCH3 is 3. The van der Waals surface area contributed by atoms with Crippen LogP contribution >= 0.6 is 15.9 Å². The normalized spacial score (nSPS) is 10.7. The largest absolute Gasteiger partial charge is 0.497 e. The Hall–Kier alpha value is -2.21. The topological polar surface area (TPSA) is 56.4 Å². The van der Waals surface area contributed by atoms with Crippen molar-refractivity contribution in [1.82, 2.24) is 9.97 Å². The van der Waals surface area contributed by atoms with Gasteiger partial charge in [0.1, 0.15) is 28.6 Å². The van der Waals surface area contributed by atoms with Gasteiger partial charge in [-0.25, -0.2) is 4.98 Å². The van der Waals surface area contributed by atoms with Crippen LogP contribution in [-0.4, -0.2) is 31.3 Å². The third kappa shape index (κ3) is 2.62. The van der Waals surface area contributed by atoms with E-state index < -0.39 is 0 Å². The van der Waals surface area contributed by atoms with Crippen LogP contribution < -0.4 is 14.2 Å². The van der Waals surface area contributed by atoms with Gasteiger partial charge < -0.3 is 19.2 Å². The van der Waals surface area contributed by atoms with E-state index in [1.165, 1.54) is 0 Å². The molecule has 0 bridgehead atoms. The van der Waals surface area contributed by atoms with Crippen LogP contribution in [0.2, 0.25) is 0 Å². The molecule has 1 aromatic heterocycles. The fourth-order valence-corrected chi connectivity index (χ4v) is 2.78. The fourth-order valence-electron chi connectivity index (χ4n) is 2.25. The fraction of sp³-hybridized carbons (Fsp3) is 0.188. The molecule has 2 aromatic carbocycles. The lowest BCUT2D eigenvalue weighted by atomic mass is 10.2. The third-order valence-electron chi connectivity index (χ3n) is 3.37. The minimum atomic E-state index is 0.714.